The highest BCUT2D eigenvalue weighted by Crippen LogP contribution is 2.28. The van der Waals surface area contributed by atoms with Crippen molar-refractivity contribution in [3.05, 3.63) is 65.1 Å². The van der Waals surface area contributed by atoms with Gasteiger partial charge in [0.1, 0.15) is 15.8 Å². The van der Waals surface area contributed by atoms with Gasteiger partial charge in [-0.25, -0.2) is 0 Å². The molecule has 1 N–H and O–H groups in total. The van der Waals surface area contributed by atoms with Crippen LogP contribution in [0.15, 0.2) is 59.5 Å². The summed E-state index contributed by atoms with van der Waals surface area (Å²) in [6, 6.07) is 17.1. The lowest BCUT2D eigenvalue weighted by molar-refractivity contribution is -0.115. The van der Waals surface area contributed by atoms with Gasteiger partial charge in [-0.2, -0.15) is 0 Å². The van der Waals surface area contributed by atoms with Crippen molar-refractivity contribution < 1.29 is 9.53 Å². The molecule has 0 aromatic heterocycles. The van der Waals surface area contributed by atoms with Gasteiger partial charge in [0.2, 0.25) is 0 Å². The summed E-state index contributed by atoms with van der Waals surface area (Å²) >= 11 is 6.24. The Hall–Kier alpha value is -2.11. The Morgan fingerprint density at radius 3 is 2.52 bits per heavy atom. The molecule has 3 rings (SSSR count). The van der Waals surface area contributed by atoms with Crippen molar-refractivity contribution in [3.8, 4) is 11.5 Å². The molecular weight excluding hydrogens is 302 g/mol. The minimum Gasteiger partial charge on any atom is -0.457 e. The van der Waals surface area contributed by atoms with Gasteiger partial charge in [0.25, 0.3) is 5.91 Å². The minimum atomic E-state index is -0.153. The van der Waals surface area contributed by atoms with Crippen LogP contribution in [0.2, 0.25) is 0 Å². The van der Waals surface area contributed by atoms with Crippen LogP contribution in [-0.2, 0) is 4.79 Å². The quantitative estimate of drug-likeness (QED) is 0.687. The second-order valence-electron chi connectivity index (χ2n) is 4.34. The Kier molecular flexibility index (Phi) is 4.03. The third-order valence-electron chi connectivity index (χ3n) is 2.78. The van der Waals surface area contributed by atoms with Gasteiger partial charge in [-0.15, -0.1) is 0 Å². The van der Waals surface area contributed by atoms with E-state index in [0.717, 1.165) is 17.1 Å². The van der Waals surface area contributed by atoms with Crippen LogP contribution < -0.4 is 10.1 Å². The summed E-state index contributed by atoms with van der Waals surface area (Å²) in [5.41, 5.74) is 0.894. The topological polar surface area (TPSA) is 38.3 Å². The molecule has 1 saturated heterocycles. The van der Waals surface area contributed by atoms with Gasteiger partial charge in [-0.05, 0) is 35.9 Å². The van der Waals surface area contributed by atoms with Crippen LogP contribution in [0, 0.1) is 0 Å². The molecule has 3 nitrogen and oxygen atoms in total. The van der Waals surface area contributed by atoms with E-state index >= 15 is 0 Å². The maximum absolute atomic E-state index is 11.6. The molecule has 0 atom stereocenters. The number of hydrogen-bond donors (Lipinski definition) is 1. The van der Waals surface area contributed by atoms with Crippen LogP contribution in [0.4, 0.5) is 0 Å². The first-order valence-corrected chi connectivity index (χ1v) is 7.51. The lowest BCUT2D eigenvalue weighted by Crippen LogP contribution is -2.17. The molecule has 21 heavy (non-hydrogen) atoms. The second-order valence-corrected chi connectivity index (χ2v) is 6.06. The molecule has 1 heterocycles. The van der Waals surface area contributed by atoms with E-state index in [2.05, 4.69) is 5.32 Å². The van der Waals surface area contributed by atoms with Crippen molar-refractivity contribution in [2.45, 2.75) is 0 Å². The number of para-hydroxylation sites is 1. The molecule has 1 aliphatic rings. The highest BCUT2D eigenvalue weighted by molar-refractivity contribution is 8.26. The van der Waals surface area contributed by atoms with Crippen molar-refractivity contribution in [1.82, 2.24) is 5.32 Å². The summed E-state index contributed by atoms with van der Waals surface area (Å²) in [6.45, 7) is 0. The van der Waals surface area contributed by atoms with Gasteiger partial charge in [-0.1, -0.05) is 54.3 Å². The summed E-state index contributed by atoms with van der Waals surface area (Å²) in [4.78, 5) is 12.2. The molecule has 1 amide bonds. The predicted molar refractivity (Wildman–Crippen MR) is 89.3 cm³/mol. The zero-order chi connectivity index (χ0) is 14.7. The number of benzene rings is 2. The molecule has 0 saturated carbocycles. The number of nitrogens with one attached hydrogen (secondary N) is 1. The largest absolute Gasteiger partial charge is 0.457 e. The van der Waals surface area contributed by atoms with Crippen LogP contribution in [0.5, 0.6) is 11.5 Å². The van der Waals surface area contributed by atoms with Crippen molar-refractivity contribution in [2.75, 3.05) is 0 Å². The van der Waals surface area contributed by atoms with Crippen LogP contribution in [0.3, 0.4) is 0 Å². The van der Waals surface area contributed by atoms with Gasteiger partial charge in [0, 0.05) is 0 Å². The molecule has 0 unspecified atom stereocenters. The molecule has 0 spiro atoms. The number of ether oxygens (including phenoxy) is 1. The van der Waals surface area contributed by atoms with Crippen molar-refractivity contribution >= 4 is 40.3 Å². The Morgan fingerprint density at radius 2 is 1.81 bits per heavy atom. The molecule has 2 aromatic rings. The van der Waals surface area contributed by atoms with Crippen LogP contribution in [0.25, 0.3) is 6.08 Å². The van der Waals surface area contributed by atoms with Gasteiger partial charge >= 0.3 is 0 Å². The standard InChI is InChI=1S/C16H11NO2S2/c18-15-14(21-16(20)17-15)10-11-5-4-8-13(9-11)19-12-6-2-1-3-7-12/h1-10H,(H,17,18,20)/b14-10-. The molecule has 1 aliphatic heterocycles. The van der Waals surface area contributed by atoms with E-state index in [-0.39, 0.29) is 5.91 Å². The smallest absolute Gasteiger partial charge is 0.263 e. The van der Waals surface area contributed by atoms with Crippen LogP contribution in [0.1, 0.15) is 5.56 Å². The van der Waals surface area contributed by atoms with Crippen molar-refractivity contribution in [1.29, 1.82) is 0 Å². The van der Waals surface area contributed by atoms with E-state index in [1.165, 1.54) is 11.8 Å². The summed E-state index contributed by atoms with van der Waals surface area (Å²) in [5.74, 6) is 1.34. The first kappa shape index (κ1) is 13.9. The van der Waals surface area contributed by atoms with Crippen molar-refractivity contribution in [3.63, 3.8) is 0 Å². The summed E-state index contributed by atoms with van der Waals surface area (Å²) in [7, 11) is 0. The maximum atomic E-state index is 11.6. The lowest BCUT2D eigenvalue weighted by atomic mass is 10.2. The van der Waals surface area contributed by atoms with E-state index < -0.39 is 0 Å². The van der Waals surface area contributed by atoms with Crippen molar-refractivity contribution in [2.24, 2.45) is 0 Å². The van der Waals surface area contributed by atoms with E-state index in [1.54, 1.807) is 6.08 Å². The molecule has 104 valence electrons. The van der Waals surface area contributed by atoms with Crippen LogP contribution in [-0.4, -0.2) is 10.2 Å². The molecule has 1 fully saturated rings. The third kappa shape index (κ3) is 3.51. The number of amides is 1. The van der Waals surface area contributed by atoms with E-state index in [9.17, 15) is 4.79 Å². The molecule has 0 radical (unpaired) electrons. The number of carbonyl (C=O) groups is 1. The predicted octanol–water partition coefficient (Wildman–Crippen LogP) is 3.97. The molecule has 0 bridgehead atoms. The van der Waals surface area contributed by atoms with Gasteiger partial charge in [0.05, 0.1) is 4.91 Å². The maximum Gasteiger partial charge on any atom is 0.263 e. The number of carbonyl (C=O) groups excluding carboxylic acids is 1. The SMILES string of the molecule is O=C1NC(=S)S/C1=C\c1cccc(Oc2ccccc2)c1. The van der Waals surface area contributed by atoms with Gasteiger partial charge in [0.15, 0.2) is 0 Å². The first-order valence-electron chi connectivity index (χ1n) is 6.28. The molecule has 5 heteroatoms. The summed E-state index contributed by atoms with van der Waals surface area (Å²) < 4.78 is 6.26. The first-order chi connectivity index (χ1) is 10.2. The normalized spacial score (nSPS) is 16.1. The highest BCUT2D eigenvalue weighted by atomic mass is 32.2. The highest BCUT2D eigenvalue weighted by Gasteiger charge is 2.21. The van der Waals surface area contributed by atoms with E-state index in [0.29, 0.717) is 9.23 Å². The van der Waals surface area contributed by atoms with Crippen LogP contribution >= 0.6 is 24.0 Å². The molecule has 2 aromatic carbocycles. The van der Waals surface area contributed by atoms with Gasteiger partial charge in [-0.3, -0.25) is 4.79 Å². The summed E-state index contributed by atoms with van der Waals surface area (Å²) in [6.07, 6.45) is 1.80. The number of thioether (sulfide) groups is 1. The number of thiocarbonyl (C=S) groups is 1. The Balaban J connectivity index is 1.82. The zero-order valence-corrected chi connectivity index (χ0v) is 12.5. The lowest BCUT2D eigenvalue weighted by Gasteiger charge is -2.06. The summed E-state index contributed by atoms with van der Waals surface area (Å²) in [5, 5.41) is 2.60. The molecule has 0 aliphatic carbocycles. The Morgan fingerprint density at radius 1 is 1.05 bits per heavy atom. The van der Waals surface area contributed by atoms with E-state index in [4.69, 9.17) is 17.0 Å². The average Bonchev–Trinajstić information content (AvgIpc) is 2.78. The number of rotatable bonds is 3. The minimum absolute atomic E-state index is 0.153. The average molecular weight is 313 g/mol. The van der Waals surface area contributed by atoms with E-state index in [1.807, 2.05) is 54.6 Å². The fraction of sp³-hybridized carbons (Fsp3) is 0. The fourth-order valence-corrected chi connectivity index (χ4v) is 2.91. The third-order valence-corrected chi connectivity index (χ3v) is 3.94. The second kappa shape index (κ2) is 6.11. The number of hydrogen-bond acceptors (Lipinski definition) is 4. The fourth-order valence-electron chi connectivity index (χ4n) is 1.86. The Bertz CT molecular complexity index is 726. The molecular formula is C16H11NO2S2. The monoisotopic (exact) mass is 313 g/mol. The zero-order valence-electron chi connectivity index (χ0n) is 10.9. The Labute approximate surface area is 132 Å². The van der Waals surface area contributed by atoms with Gasteiger partial charge < -0.3 is 10.1 Å².